The van der Waals surface area contributed by atoms with Gasteiger partial charge < -0.3 is 15.0 Å². The molecular weight excluding hydrogens is 621 g/mol. The van der Waals surface area contributed by atoms with Crippen LogP contribution in [0.5, 0.6) is 5.75 Å². The van der Waals surface area contributed by atoms with E-state index in [4.69, 9.17) is 39.5 Å². The maximum atomic E-state index is 14.1. The van der Waals surface area contributed by atoms with Crippen molar-refractivity contribution in [3.05, 3.63) is 87.4 Å². The molecule has 8 nitrogen and oxygen atoms in total. The highest BCUT2D eigenvalue weighted by molar-refractivity contribution is 7.92. The van der Waals surface area contributed by atoms with Crippen LogP contribution in [0.4, 0.5) is 5.69 Å². The molecule has 0 bridgehead atoms. The molecule has 0 saturated carbocycles. The van der Waals surface area contributed by atoms with E-state index >= 15 is 0 Å². The van der Waals surface area contributed by atoms with E-state index in [0.29, 0.717) is 52.4 Å². The second-order valence-electron chi connectivity index (χ2n) is 9.36. The number of hydrogen-bond acceptors (Lipinski definition) is 5. The number of carbonyl (C=O) groups excluding carboxylic acids is 2. The van der Waals surface area contributed by atoms with Gasteiger partial charge in [-0.25, -0.2) is 8.42 Å². The summed E-state index contributed by atoms with van der Waals surface area (Å²) in [5, 5.41) is 3.96. The molecule has 0 radical (unpaired) electrons. The first-order valence-corrected chi connectivity index (χ1v) is 16.1. The van der Waals surface area contributed by atoms with Gasteiger partial charge in [0.25, 0.3) is 10.0 Å². The average Bonchev–Trinajstić information content (AvgIpc) is 2.96. The van der Waals surface area contributed by atoms with Gasteiger partial charge in [0, 0.05) is 28.2 Å². The number of nitrogens with zero attached hydrogens (tertiary/aromatic N) is 2. The summed E-state index contributed by atoms with van der Waals surface area (Å²) >= 11 is 18.5. The Balaban J connectivity index is 2.07. The molecule has 3 rings (SSSR count). The van der Waals surface area contributed by atoms with Crippen LogP contribution < -0.4 is 14.4 Å². The van der Waals surface area contributed by atoms with Crippen molar-refractivity contribution in [2.24, 2.45) is 0 Å². The Labute approximate surface area is 262 Å². The smallest absolute Gasteiger partial charge is 0.264 e. The van der Waals surface area contributed by atoms with Crippen molar-refractivity contribution in [1.82, 2.24) is 10.2 Å². The Hall–Kier alpha value is -2.98. The minimum absolute atomic E-state index is 0.0367. The highest BCUT2D eigenvalue weighted by atomic mass is 35.5. The van der Waals surface area contributed by atoms with E-state index in [1.807, 2.05) is 13.8 Å². The maximum absolute atomic E-state index is 14.1. The number of ether oxygens (including phenoxy) is 1. The van der Waals surface area contributed by atoms with Crippen molar-refractivity contribution >= 4 is 62.3 Å². The van der Waals surface area contributed by atoms with Crippen molar-refractivity contribution in [2.45, 2.75) is 51.1 Å². The number of halogens is 3. The van der Waals surface area contributed by atoms with Gasteiger partial charge >= 0.3 is 0 Å². The molecule has 3 aromatic rings. The first-order chi connectivity index (χ1) is 20.0. The summed E-state index contributed by atoms with van der Waals surface area (Å²) in [6.07, 6.45) is 1.00. The zero-order valence-corrected chi connectivity index (χ0v) is 26.7. The highest BCUT2D eigenvalue weighted by Crippen LogP contribution is 2.28. The van der Waals surface area contributed by atoms with Crippen LogP contribution in [0.2, 0.25) is 15.1 Å². The first kappa shape index (κ1) is 33.5. The second kappa shape index (κ2) is 15.5. The van der Waals surface area contributed by atoms with Crippen molar-refractivity contribution in [2.75, 3.05) is 24.0 Å². The Kier molecular flexibility index (Phi) is 12.4. The molecule has 0 spiro atoms. The summed E-state index contributed by atoms with van der Waals surface area (Å²) in [5.41, 5.74) is 0.805. The molecular formula is C30H34Cl3N3O5S. The Morgan fingerprint density at radius 2 is 1.55 bits per heavy atom. The maximum Gasteiger partial charge on any atom is 0.264 e. The number of nitrogens with one attached hydrogen (secondary N) is 1. The molecule has 0 aliphatic heterocycles. The van der Waals surface area contributed by atoms with Crippen molar-refractivity contribution < 1.29 is 22.7 Å². The Morgan fingerprint density at radius 1 is 0.905 bits per heavy atom. The minimum Gasteiger partial charge on any atom is -0.494 e. The lowest BCUT2D eigenvalue weighted by atomic mass is 10.1. The SMILES string of the molecule is CCCNC(=O)[C@H](CC)N(Cc1ccc(Cl)cc1Cl)C(=O)CN(c1ccc(OCC)cc1)S(=O)(=O)c1ccc(Cl)cc1. The van der Waals surface area contributed by atoms with E-state index in [-0.39, 0.29) is 23.0 Å². The van der Waals surface area contributed by atoms with Crippen LogP contribution in [0, 0.1) is 0 Å². The quantitative estimate of drug-likeness (QED) is 0.212. The number of amides is 2. The van der Waals surface area contributed by atoms with Crippen LogP contribution >= 0.6 is 34.8 Å². The van der Waals surface area contributed by atoms with Crippen molar-refractivity contribution in [1.29, 1.82) is 0 Å². The monoisotopic (exact) mass is 653 g/mol. The summed E-state index contributed by atoms with van der Waals surface area (Å²) < 4.78 is 34.4. The summed E-state index contributed by atoms with van der Waals surface area (Å²) in [5.74, 6) is -0.383. The zero-order chi connectivity index (χ0) is 30.9. The molecule has 0 saturated heterocycles. The standard InChI is InChI=1S/C30H34Cl3N3O5S/c1-4-17-34-30(38)28(5-2)35(19-21-7-8-23(32)18-27(21)33)29(37)20-36(24-11-13-25(14-12-24)41-6-3)42(39,40)26-15-9-22(31)10-16-26/h7-16,18,28H,4-6,17,19-20H2,1-3H3,(H,34,38)/t28-/m0/s1. The van der Waals surface area contributed by atoms with Crippen LogP contribution in [0.1, 0.15) is 39.2 Å². The van der Waals surface area contributed by atoms with Crippen LogP contribution in [-0.4, -0.2) is 50.9 Å². The molecule has 226 valence electrons. The predicted octanol–water partition coefficient (Wildman–Crippen LogP) is 6.57. The van der Waals surface area contributed by atoms with Gasteiger partial charge in [-0.3, -0.25) is 13.9 Å². The van der Waals surface area contributed by atoms with E-state index in [1.54, 1.807) is 49.4 Å². The Bertz CT molecular complexity index is 1470. The highest BCUT2D eigenvalue weighted by Gasteiger charge is 2.34. The molecule has 3 aromatic carbocycles. The van der Waals surface area contributed by atoms with Gasteiger partial charge in [0.15, 0.2) is 0 Å². The summed E-state index contributed by atoms with van der Waals surface area (Å²) in [4.78, 5) is 28.6. The largest absolute Gasteiger partial charge is 0.494 e. The third-order valence-electron chi connectivity index (χ3n) is 6.41. The number of rotatable bonds is 14. The van der Waals surface area contributed by atoms with Crippen LogP contribution in [-0.2, 0) is 26.2 Å². The van der Waals surface area contributed by atoms with E-state index < -0.39 is 28.5 Å². The Morgan fingerprint density at radius 3 is 2.12 bits per heavy atom. The topological polar surface area (TPSA) is 96.0 Å². The molecule has 0 aromatic heterocycles. The second-order valence-corrected chi connectivity index (χ2v) is 12.5. The molecule has 0 aliphatic carbocycles. The molecule has 1 N–H and O–H groups in total. The number of sulfonamides is 1. The zero-order valence-electron chi connectivity index (χ0n) is 23.6. The van der Waals surface area contributed by atoms with Gasteiger partial charge in [-0.1, -0.05) is 54.7 Å². The van der Waals surface area contributed by atoms with E-state index in [9.17, 15) is 18.0 Å². The fraction of sp³-hybridized carbons (Fsp3) is 0.333. The van der Waals surface area contributed by atoms with Crippen LogP contribution in [0.15, 0.2) is 71.6 Å². The lowest BCUT2D eigenvalue weighted by Crippen LogP contribution is -2.52. The number of hydrogen-bond donors (Lipinski definition) is 1. The van der Waals surface area contributed by atoms with Gasteiger partial charge in [0.1, 0.15) is 18.3 Å². The lowest BCUT2D eigenvalue weighted by molar-refractivity contribution is -0.140. The van der Waals surface area contributed by atoms with Gasteiger partial charge in [0.05, 0.1) is 17.2 Å². The summed E-state index contributed by atoms with van der Waals surface area (Å²) in [6.45, 7) is 5.80. The van der Waals surface area contributed by atoms with E-state index in [2.05, 4.69) is 5.32 Å². The fourth-order valence-electron chi connectivity index (χ4n) is 4.26. The van der Waals surface area contributed by atoms with Crippen molar-refractivity contribution in [3.8, 4) is 5.75 Å². The van der Waals surface area contributed by atoms with E-state index in [0.717, 1.165) is 4.31 Å². The third kappa shape index (κ3) is 8.53. The molecule has 0 fully saturated rings. The third-order valence-corrected chi connectivity index (χ3v) is 9.03. The normalized spacial score (nSPS) is 12.0. The van der Waals surface area contributed by atoms with Gasteiger partial charge in [0.2, 0.25) is 11.8 Å². The molecule has 0 aliphatic rings. The average molecular weight is 655 g/mol. The van der Waals surface area contributed by atoms with Gasteiger partial charge in [-0.15, -0.1) is 0 Å². The molecule has 42 heavy (non-hydrogen) atoms. The molecule has 2 amide bonds. The first-order valence-electron chi connectivity index (χ1n) is 13.5. The predicted molar refractivity (Wildman–Crippen MR) is 168 cm³/mol. The molecule has 1 atom stereocenters. The fourth-order valence-corrected chi connectivity index (χ4v) is 6.27. The van der Waals surface area contributed by atoms with Crippen LogP contribution in [0.3, 0.4) is 0 Å². The summed E-state index contributed by atoms with van der Waals surface area (Å²) in [7, 11) is -4.24. The molecule has 12 heteroatoms. The van der Waals surface area contributed by atoms with Crippen molar-refractivity contribution in [3.63, 3.8) is 0 Å². The lowest BCUT2D eigenvalue weighted by Gasteiger charge is -2.33. The minimum atomic E-state index is -4.24. The number of anilines is 1. The molecule has 0 unspecified atom stereocenters. The summed E-state index contributed by atoms with van der Waals surface area (Å²) in [6, 6.07) is 16.1. The molecule has 0 heterocycles. The number of benzene rings is 3. The number of carbonyl (C=O) groups is 2. The van der Waals surface area contributed by atoms with Gasteiger partial charge in [-0.2, -0.15) is 0 Å². The van der Waals surface area contributed by atoms with E-state index in [1.165, 1.54) is 29.2 Å². The van der Waals surface area contributed by atoms with Gasteiger partial charge in [-0.05, 0) is 86.0 Å². The van der Waals surface area contributed by atoms with Crippen LogP contribution in [0.25, 0.3) is 0 Å².